The van der Waals surface area contributed by atoms with Gasteiger partial charge in [-0.2, -0.15) is 0 Å². The van der Waals surface area contributed by atoms with Crippen LogP contribution in [0.5, 0.6) is 0 Å². The molecule has 0 bridgehead atoms. The number of quaternary nitrogens is 1. The summed E-state index contributed by atoms with van der Waals surface area (Å²) in [5, 5.41) is 0. The minimum atomic E-state index is -4.64. The lowest BCUT2D eigenvalue weighted by atomic mass is 10.1. The summed E-state index contributed by atoms with van der Waals surface area (Å²) in [7, 11) is 1.13. The third-order valence-electron chi connectivity index (χ3n) is 11.4. The average Bonchev–Trinajstić information content (AvgIpc) is 3.35. The number of unbranched alkanes of at least 4 members (excludes halogenated alkanes) is 14. The number of carbonyl (C=O) groups is 2. The largest absolute Gasteiger partial charge is 0.756 e. The number of allylic oxidation sites excluding steroid dienone is 22. The summed E-state index contributed by atoms with van der Waals surface area (Å²) < 4.78 is 34.0. The van der Waals surface area contributed by atoms with E-state index in [0.29, 0.717) is 17.4 Å². The van der Waals surface area contributed by atoms with Crippen LogP contribution >= 0.6 is 7.82 Å². The fraction of sp³-hybridized carbons (Fsp3) is 0.619. The first kappa shape index (κ1) is 69.2. The Labute approximate surface area is 447 Å². The molecule has 0 N–H and O–H groups in total. The smallest absolute Gasteiger partial charge is 0.306 e. The van der Waals surface area contributed by atoms with Gasteiger partial charge in [-0.3, -0.25) is 14.2 Å². The summed E-state index contributed by atoms with van der Waals surface area (Å²) in [4.78, 5) is 37.6. The van der Waals surface area contributed by atoms with Crippen molar-refractivity contribution in [3.63, 3.8) is 0 Å². The summed E-state index contributed by atoms with van der Waals surface area (Å²) in [6.45, 7) is 4.06. The molecular weight excluding hydrogens is 930 g/mol. The van der Waals surface area contributed by atoms with Gasteiger partial charge < -0.3 is 27.9 Å². The first-order chi connectivity index (χ1) is 35.5. The number of nitrogens with zero attached hydrogens (tertiary/aromatic N) is 1. The van der Waals surface area contributed by atoms with Crippen molar-refractivity contribution in [2.24, 2.45) is 0 Å². The van der Waals surface area contributed by atoms with Gasteiger partial charge in [0.05, 0.1) is 27.7 Å². The van der Waals surface area contributed by atoms with Gasteiger partial charge in [0.25, 0.3) is 7.82 Å². The molecule has 0 saturated heterocycles. The lowest BCUT2D eigenvalue weighted by Gasteiger charge is -2.28. The Kier molecular flexibility index (Phi) is 50.2. The third-order valence-corrected chi connectivity index (χ3v) is 12.4. The average molecular weight is 1030 g/mol. The zero-order valence-corrected chi connectivity index (χ0v) is 47.7. The first-order valence-electron chi connectivity index (χ1n) is 28.4. The summed E-state index contributed by atoms with van der Waals surface area (Å²) in [5.41, 5.74) is 0. The second kappa shape index (κ2) is 53.0. The minimum Gasteiger partial charge on any atom is -0.756 e. The Bertz CT molecular complexity index is 1690. The number of rotatable bonds is 50. The van der Waals surface area contributed by atoms with Gasteiger partial charge in [0.15, 0.2) is 6.10 Å². The highest BCUT2D eigenvalue weighted by Crippen LogP contribution is 2.38. The van der Waals surface area contributed by atoms with Crippen LogP contribution in [0.3, 0.4) is 0 Å². The normalized spacial score (nSPS) is 14.3. The number of carbonyl (C=O) groups excluding carboxylic acids is 2. The predicted octanol–water partition coefficient (Wildman–Crippen LogP) is 17.1. The Morgan fingerprint density at radius 2 is 0.781 bits per heavy atom. The number of likely N-dealkylation sites (N-methyl/N-ethyl adjacent to an activating group) is 1. The van der Waals surface area contributed by atoms with Crippen LogP contribution in [0, 0.1) is 0 Å². The van der Waals surface area contributed by atoms with E-state index in [1.807, 2.05) is 21.1 Å². The molecule has 0 amide bonds. The summed E-state index contributed by atoms with van der Waals surface area (Å²) >= 11 is 0. The molecular formula is C63H104NO8P. The zero-order chi connectivity index (χ0) is 53.5. The van der Waals surface area contributed by atoms with Crippen molar-refractivity contribution in [1.29, 1.82) is 0 Å². The molecule has 0 aromatic carbocycles. The van der Waals surface area contributed by atoms with E-state index in [0.717, 1.165) is 122 Å². The predicted molar refractivity (Wildman–Crippen MR) is 309 cm³/mol. The van der Waals surface area contributed by atoms with Crippen LogP contribution in [0.2, 0.25) is 0 Å². The van der Waals surface area contributed by atoms with Crippen LogP contribution in [-0.2, 0) is 32.7 Å². The monoisotopic (exact) mass is 1030 g/mol. The fourth-order valence-corrected chi connectivity index (χ4v) is 7.80. The highest BCUT2D eigenvalue weighted by atomic mass is 31.2. The highest BCUT2D eigenvalue weighted by Gasteiger charge is 2.21. The molecule has 0 aliphatic carbocycles. The molecule has 73 heavy (non-hydrogen) atoms. The standard InChI is InChI=1S/C63H104NO8P/c1-6-8-10-12-14-16-18-19-20-21-22-23-24-25-26-27-28-29-30-31-32-33-34-35-36-37-38-39-40-41-42-43-44-45-46-48-50-52-54-56-63(66)72-61(60-71-73(67,68)70-58-57-64(3,4)5)59-69-62(65)55-53-51-49-47-17-15-13-11-9-7-2/h8,10,14,16,19-20,22-23,25-26,28-29,31-32,34-35,37-38,40-41,43-44,61H,6-7,9,11-13,15,17-18,21,24,27,30,33,36,39,42,45-60H2,1-5H3/b10-8-,16-14-,20-19-,23-22-,26-25-,29-28-,32-31-,35-34-,38-37-,41-40-,44-43-. The van der Waals surface area contributed by atoms with E-state index in [2.05, 4.69) is 148 Å². The maximum Gasteiger partial charge on any atom is 0.306 e. The van der Waals surface area contributed by atoms with Crippen molar-refractivity contribution in [2.45, 2.75) is 206 Å². The van der Waals surface area contributed by atoms with Gasteiger partial charge in [-0.15, -0.1) is 0 Å². The second-order valence-corrected chi connectivity index (χ2v) is 21.0. The number of hydrogen-bond acceptors (Lipinski definition) is 8. The Morgan fingerprint density at radius 3 is 1.16 bits per heavy atom. The first-order valence-corrected chi connectivity index (χ1v) is 29.9. The van der Waals surface area contributed by atoms with E-state index in [4.69, 9.17) is 18.5 Å². The molecule has 0 aliphatic heterocycles. The maximum absolute atomic E-state index is 12.7. The zero-order valence-electron chi connectivity index (χ0n) is 46.8. The van der Waals surface area contributed by atoms with E-state index < -0.39 is 32.5 Å². The van der Waals surface area contributed by atoms with Crippen LogP contribution in [0.4, 0.5) is 0 Å². The molecule has 414 valence electrons. The minimum absolute atomic E-state index is 0.0407. The fourth-order valence-electron chi connectivity index (χ4n) is 7.07. The van der Waals surface area contributed by atoms with Crippen LogP contribution in [0.1, 0.15) is 200 Å². The van der Waals surface area contributed by atoms with Gasteiger partial charge in [0.2, 0.25) is 0 Å². The van der Waals surface area contributed by atoms with Gasteiger partial charge in [-0.1, -0.05) is 225 Å². The molecule has 9 nitrogen and oxygen atoms in total. The van der Waals surface area contributed by atoms with E-state index in [9.17, 15) is 19.0 Å². The van der Waals surface area contributed by atoms with Gasteiger partial charge in [-0.25, -0.2) is 0 Å². The molecule has 0 spiro atoms. The molecule has 0 heterocycles. The van der Waals surface area contributed by atoms with Crippen molar-refractivity contribution in [3.8, 4) is 0 Å². The molecule has 2 unspecified atom stereocenters. The Balaban J connectivity index is 4.14. The van der Waals surface area contributed by atoms with E-state index in [1.165, 1.54) is 44.9 Å². The molecule has 0 saturated carbocycles. The van der Waals surface area contributed by atoms with Gasteiger partial charge in [0.1, 0.15) is 19.8 Å². The van der Waals surface area contributed by atoms with Crippen molar-refractivity contribution < 1.29 is 42.1 Å². The van der Waals surface area contributed by atoms with Crippen LogP contribution in [0.15, 0.2) is 134 Å². The molecule has 2 atom stereocenters. The Morgan fingerprint density at radius 1 is 0.438 bits per heavy atom. The molecule has 0 radical (unpaired) electrons. The number of esters is 2. The van der Waals surface area contributed by atoms with Crippen molar-refractivity contribution in [2.75, 3.05) is 47.5 Å². The van der Waals surface area contributed by atoms with E-state index in [1.54, 1.807) is 0 Å². The molecule has 0 aliphatic rings. The number of ether oxygens (including phenoxy) is 2. The third kappa shape index (κ3) is 57.3. The maximum atomic E-state index is 12.7. The van der Waals surface area contributed by atoms with Crippen LogP contribution in [0.25, 0.3) is 0 Å². The van der Waals surface area contributed by atoms with Crippen molar-refractivity contribution in [1.82, 2.24) is 0 Å². The number of hydrogen-bond donors (Lipinski definition) is 0. The summed E-state index contributed by atoms with van der Waals surface area (Å²) in [6.07, 6.45) is 76.6. The molecule has 0 rings (SSSR count). The van der Waals surface area contributed by atoms with E-state index >= 15 is 0 Å². The quantitative estimate of drug-likeness (QED) is 0.0195. The lowest BCUT2D eigenvalue weighted by molar-refractivity contribution is -0.870. The SMILES string of the molecule is CC/C=C\C/C=C\C/C=C\C/C=C\C/C=C\C/C=C\C/C=C\C/C=C\C/C=C\C/C=C\C/C=C\CCCCCCCC(=O)OC(COC(=O)CCCCCCCCCCCC)COP(=O)([O-])OCC[N+](C)(C)C. The summed E-state index contributed by atoms with van der Waals surface area (Å²) in [6, 6.07) is 0. The molecule has 0 fully saturated rings. The lowest BCUT2D eigenvalue weighted by Crippen LogP contribution is -2.37. The molecule has 10 heteroatoms. The van der Waals surface area contributed by atoms with Gasteiger partial charge >= 0.3 is 11.9 Å². The van der Waals surface area contributed by atoms with Crippen LogP contribution in [-0.4, -0.2) is 70.0 Å². The molecule has 0 aromatic rings. The molecule has 0 aromatic heterocycles. The topological polar surface area (TPSA) is 111 Å². The number of phosphoric acid groups is 1. The number of phosphoric ester groups is 1. The van der Waals surface area contributed by atoms with E-state index in [-0.39, 0.29) is 26.1 Å². The second-order valence-electron chi connectivity index (χ2n) is 19.6. The summed E-state index contributed by atoms with van der Waals surface area (Å²) in [5.74, 6) is -0.867. The Hall–Kier alpha value is -3.85. The van der Waals surface area contributed by atoms with Crippen molar-refractivity contribution in [3.05, 3.63) is 134 Å². The highest BCUT2D eigenvalue weighted by molar-refractivity contribution is 7.45. The van der Waals surface area contributed by atoms with Gasteiger partial charge in [0, 0.05) is 12.8 Å². The van der Waals surface area contributed by atoms with Crippen LogP contribution < -0.4 is 4.89 Å². The van der Waals surface area contributed by atoms with Gasteiger partial charge in [-0.05, 0) is 96.3 Å². The van der Waals surface area contributed by atoms with Crippen molar-refractivity contribution >= 4 is 19.8 Å².